The van der Waals surface area contributed by atoms with Crippen molar-refractivity contribution in [2.45, 2.75) is 13.0 Å². The molecule has 2 aromatic rings. The summed E-state index contributed by atoms with van der Waals surface area (Å²) in [5.41, 5.74) is 1.98. The molecule has 0 aliphatic rings. The van der Waals surface area contributed by atoms with Crippen LogP contribution in [-0.4, -0.2) is 22.0 Å². The molecule has 0 radical (unpaired) electrons. The molecule has 0 fully saturated rings. The van der Waals surface area contributed by atoms with E-state index < -0.39 is 5.97 Å². The Morgan fingerprint density at radius 2 is 1.75 bits per heavy atom. The molecule has 102 valence electrons. The monoisotopic (exact) mass is 270 g/mol. The van der Waals surface area contributed by atoms with Gasteiger partial charge >= 0.3 is 5.97 Å². The zero-order valence-corrected chi connectivity index (χ0v) is 10.7. The van der Waals surface area contributed by atoms with E-state index in [1.807, 2.05) is 0 Å². The maximum atomic E-state index is 12.4. The Bertz CT molecular complexity index is 646. The summed E-state index contributed by atoms with van der Waals surface area (Å²) in [7, 11) is 0. The number of rotatable bonds is 5. The summed E-state index contributed by atoms with van der Waals surface area (Å²) in [6.45, 7) is -0.212. The van der Waals surface area contributed by atoms with Crippen LogP contribution >= 0.6 is 0 Å². The van der Waals surface area contributed by atoms with Crippen LogP contribution in [0, 0.1) is 0 Å². The number of hydrogen-bond acceptors (Lipinski definition) is 3. The zero-order valence-electron chi connectivity index (χ0n) is 10.7. The van der Waals surface area contributed by atoms with E-state index >= 15 is 0 Å². The molecule has 0 aromatic heterocycles. The fourth-order valence-electron chi connectivity index (χ4n) is 2.03. The van der Waals surface area contributed by atoms with Gasteiger partial charge in [0.1, 0.15) is 0 Å². The van der Waals surface area contributed by atoms with Gasteiger partial charge in [0.25, 0.3) is 0 Å². The van der Waals surface area contributed by atoms with E-state index in [0.717, 1.165) is 0 Å². The van der Waals surface area contributed by atoms with Gasteiger partial charge in [-0.3, -0.25) is 9.59 Å². The lowest BCUT2D eigenvalue weighted by Crippen LogP contribution is -2.07. The molecule has 0 amide bonds. The van der Waals surface area contributed by atoms with Crippen LogP contribution in [0.15, 0.2) is 48.5 Å². The molecule has 0 atom stereocenters. The fourth-order valence-corrected chi connectivity index (χ4v) is 2.03. The van der Waals surface area contributed by atoms with Crippen LogP contribution in [0.3, 0.4) is 0 Å². The second-order valence-corrected chi connectivity index (χ2v) is 4.42. The highest BCUT2D eigenvalue weighted by Gasteiger charge is 2.13. The van der Waals surface area contributed by atoms with Gasteiger partial charge in [-0.1, -0.05) is 42.5 Å². The number of aliphatic carboxylic acids is 1. The van der Waals surface area contributed by atoms with Crippen molar-refractivity contribution in [3.8, 4) is 0 Å². The number of carbonyl (C=O) groups excluding carboxylic acids is 1. The lowest BCUT2D eigenvalue weighted by Gasteiger charge is -2.07. The predicted octanol–water partition coefficient (Wildman–Crippen LogP) is 2.04. The van der Waals surface area contributed by atoms with Gasteiger partial charge in [0.15, 0.2) is 5.78 Å². The molecule has 0 spiro atoms. The number of hydrogen-bond donors (Lipinski definition) is 2. The van der Waals surface area contributed by atoms with E-state index in [0.29, 0.717) is 22.3 Å². The molecule has 2 aromatic carbocycles. The van der Waals surface area contributed by atoms with Gasteiger partial charge in [0.2, 0.25) is 0 Å². The highest BCUT2D eigenvalue weighted by Crippen LogP contribution is 2.16. The number of carboxylic acid groups (broad SMARTS) is 1. The van der Waals surface area contributed by atoms with E-state index in [2.05, 4.69) is 0 Å². The van der Waals surface area contributed by atoms with Gasteiger partial charge < -0.3 is 10.2 Å². The second-order valence-electron chi connectivity index (χ2n) is 4.42. The first-order valence-electron chi connectivity index (χ1n) is 6.16. The summed E-state index contributed by atoms with van der Waals surface area (Å²) >= 11 is 0. The highest BCUT2D eigenvalue weighted by atomic mass is 16.4. The maximum absolute atomic E-state index is 12.4. The van der Waals surface area contributed by atoms with Crippen molar-refractivity contribution in [3.63, 3.8) is 0 Å². The van der Waals surface area contributed by atoms with E-state index in [4.69, 9.17) is 5.11 Å². The Labute approximate surface area is 116 Å². The topological polar surface area (TPSA) is 74.6 Å². The molecular formula is C16H14O4. The predicted molar refractivity (Wildman–Crippen MR) is 73.6 cm³/mol. The van der Waals surface area contributed by atoms with Gasteiger partial charge in [0, 0.05) is 11.1 Å². The van der Waals surface area contributed by atoms with Crippen molar-refractivity contribution in [2.75, 3.05) is 0 Å². The second kappa shape index (κ2) is 6.12. The van der Waals surface area contributed by atoms with E-state index in [-0.39, 0.29) is 18.8 Å². The Hall–Kier alpha value is -2.46. The average Bonchev–Trinajstić information content (AvgIpc) is 2.46. The van der Waals surface area contributed by atoms with Gasteiger partial charge in [-0.15, -0.1) is 0 Å². The SMILES string of the molecule is O=C(O)Cc1cccc(C(=O)c2ccccc2CO)c1. The Morgan fingerprint density at radius 1 is 1.00 bits per heavy atom. The van der Waals surface area contributed by atoms with Crippen molar-refractivity contribution in [1.82, 2.24) is 0 Å². The molecule has 2 rings (SSSR count). The summed E-state index contributed by atoms with van der Waals surface area (Å²) in [6, 6.07) is 13.4. The molecule has 20 heavy (non-hydrogen) atoms. The third-order valence-corrected chi connectivity index (χ3v) is 2.98. The number of aliphatic hydroxyl groups excluding tert-OH is 1. The third kappa shape index (κ3) is 3.10. The first-order chi connectivity index (χ1) is 9.61. The Kier molecular flexibility index (Phi) is 4.27. The van der Waals surface area contributed by atoms with Crippen molar-refractivity contribution in [3.05, 3.63) is 70.8 Å². The van der Waals surface area contributed by atoms with Crippen LogP contribution in [0.4, 0.5) is 0 Å². The molecule has 4 heteroatoms. The number of carboxylic acids is 1. The Balaban J connectivity index is 2.36. The van der Waals surface area contributed by atoms with Crippen molar-refractivity contribution in [1.29, 1.82) is 0 Å². The minimum absolute atomic E-state index is 0.122. The van der Waals surface area contributed by atoms with Crippen molar-refractivity contribution in [2.24, 2.45) is 0 Å². The van der Waals surface area contributed by atoms with E-state index in [1.54, 1.807) is 48.5 Å². The molecule has 4 nitrogen and oxygen atoms in total. The number of benzene rings is 2. The van der Waals surface area contributed by atoms with Gasteiger partial charge in [-0.05, 0) is 17.2 Å². The minimum atomic E-state index is -0.939. The average molecular weight is 270 g/mol. The van der Waals surface area contributed by atoms with Crippen LogP contribution in [0.25, 0.3) is 0 Å². The lowest BCUT2D eigenvalue weighted by atomic mass is 9.97. The largest absolute Gasteiger partial charge is 0.481 e. The van der Waals surface area contributed by atoms with Crippen molar-refractivity contribution >= 4 is 11.8 Å². The summed E-state index contributed by atoms with van der Waals surface area (Å²) in [4.78, 5) is 23.1. The standard InChI is InChI=1S/C16H14O4/c17-10-13-5-1-2-7-14(13)16(20)12-6-3-4-11(8-12)9-15(18)19/h1-8,17H,9-10H2,(H,18,19). The molecule has 0 saturated carbocycles. The Morgan fingerprint density at radius 3 is 2.45 bits per heavy atom. The van der Waals surface area contributed by atoms with Crippen LogP contribution in [0.2, 0.25) is 0 Å². The maximum Gasteiger partial charge on any atom is 0.307 e. The molecule has 0 heterocycles. The van der Waals surface area contributed by atoms with E-state index in [1.165, 1.54) is 0 Å². The quantitative estimate of drug-likeness (QED) is 0.815. The van der Waals surface area contributed by atoms with Gasteiger partial charge in [-0.25, -0.2) is 0 Å². The smallest absolute Gasteiger partial charge is 0.307 e. The van der Waals surface area contributed by atoms with Gasteiger partial charge in [0.05, 0.1) is 13.0 Å². The number of aliphatic hydroxyl groups is 1. The molecule has 0 bridgehead atoms. The van der Waals surface area contributed by atoms with Crippen LogP contribution in [-0.2, 0) is 17.8 Å². The number of carbonyl (C=O) groups is 2. The molecule has 0 aliphatic carbocycles. The third-order valence-electron chi connectivity index (χ3n) is 2.98. The van der Waals surface area contributed by atoms with Crippen LogP contribution in [0.5, 0.6) is 0 Å². The van der Waals surface area contributed by atoms with Gasteiger partial charge in [-0.2, -0.15) is 0 Å². The molecule has 2 N–H and O–H groups in total. The fraction of sp³-hybridized carbons (Fsp3) is 0.125. The first-order valence-corrected chi connectivity index (χ1v) is 6.16. The highest BCUT2D eigenvalue weighted by molar-refractivity contribution is 6.10. The first kappa shape index (κ1) is 14.0. The summed E-state index contributed by atoms with van der Waals surface area (Å²) in [6.07, 6.45) is -0.122. The van der Waals surface area contributed by atoms with E-state index in [9.17, 15) is 14.7 Å². The molecular weight excluding hydrogens is 256 g/mol. The lowest BCUT2D eigenvalue weighted by molar-refractivity contribution is -0.136. The zero-order chi connectivity index (χ0) is 14.5. The molecule has 0 aliphatic heterocycles. The van der Waals surface area contributed by atoms with Crippen LogP contribution in [0.1, 0.15) is 27.0 Å². The molecule has 0 unspecified atom stereocenters. The van der Waals surface area contributed by atoms with Crippen LogP contribution < -0.4 is 0 Å². The number of ketones is 1. The summed E-state index contributed by atoms with van der Waals surface area (Å²) in [5, 5.41) is 18.0. The molecule has 0 saturated heterocycles. The van der Waals surface area contributed by atoms with Crippen molar-refractivity contribution < 1.29 is 19.8 Å². The summed E-state index contributed by atoms with van der Waals surface area (Å²) in [5.74, 6) is -1.16. The summed E-state index contributed by atoms with van der Waals surface area (Å²) < 4.78 is 0. The minimum Gasteiger partial charge on any atom is -0.481 e. The normalized spacial score (nSPS) is 10.2.